The molecule has 270 valence electrons. The number of rotatable bonds is 12. The van der Waals surface area contributed by atoms with E-state index in [0.717, 1.165) is 58.0 Å². The lowest BCUT2D eigenvalue weighted by molar-refractivity contribution is 0.997. The van der Waals surface area contributed by atoms with Crippen LogP contribution in [0.15, 0.2) is 243 Å². The largest absolute Gasteiger partial charge is 0.311 e. The van der Waals surface area contributed by atoms with Crippen molar-refractivity contribution in [2.45, 2.75) is 12.8 Å². The molecule has 0 bridgehead atoms. The Morgan fingerprint density at radius 1 is 0.446 bits per heavy atom. The maximum Gasteiger partial charge on any atom is 0.0467 e. The van der Waals surface area contributed by atoms with E-state index in [-0.39, 0.29) is 0 Å². The van der Waals surface area contributed by atoms with Crippen molar-refractivity contribution in [1.82, 2.24) is 0 Å². The zero-order valence-corrected chi connectivity index (χ0v) is 31.5. The summed E-state index contributed by atoms with van der Waals surface area (Å²) in [6.07, 6.45) is 14.7. The maximum absolute atomic E-state index is 4.18. The number of hydrogen-bond donors (Lipinski definition) is 0. The van der Waals surface area contributed by atoms with Gasteiger partial charge in [-0.05, 0) is 124 Å². The average molecular weight is 721 g/mol. The Kier molecular flexibility index (Phi) is 10.8. The molecule has 2 nitrogen and oxygen atoms in total. The van der Waals surface area contributed by atoms with Gasteiger partial charge >= 0.3 is 0 Å². The van der Waals surface area contributed by atoms with Crippen molar-refractivity contribution in [2.75, 3.05) is 9.80 Å². The molecule has 0 atom stereocenters. The van der Waals surface area contributed by atoms with Gasteiger partial charge in [0.2, 0.25) is 0 Å². The molecule has 2 heteroatoms. The average Bonchev–Trinajstić information content (AvgIpc) is 3.28. The number of allylic oxidation sites excluding steroid dienone is 6. The van der Waals surface area contributed by atoms with Gasteiger partial charge in [0.15, 0.2) is 0 Å². The Morgan fingerprint density at radius 2 is 0.946 bits per heavy atom. The second kappa shape index (κ2) is 16.9. The van der Waals surface area contributed by atoms with Crippen LogP contribution in [0.25, 0.3) is 44.5 Å². The van der Waals surface area contributed by atoms with Crippen LogP contribution in [0, 0.1) is 0 Å². The van der Waals surface area contributed by atoms with Crippen molar-refractivity contribution in [2.24, 2.45) is 0 Å². The fourth-order valence-electron chi connectivity index (χ4n) is 7.49. The van der Waals surface area contributed by atoms with Gasteiger partial charge < -0.3 is 9.80 Å². The summed E-state index contributed by atoms with van der Waals surface area (Å²) in [7, 11) is 0. The first-order valence-corrected chi connectivity index (χ1v) is 19.2. The van der Waals surface area contributed by atoms with E-state index in [1.54, 1.807) is 0 Å². The minimum atomic E-state index is 0.938. The van der Waals surface area contributed by atoms with Gasteiger partial charge in [-0.3, -0.25) is 0 Å². The Morgan fingerprint density at radius 3 is 1.48 bits per heavy atom. The summed E-state index contributed by atoms with van der Waals surface area (Å²) in [5.74, 6) is 0. The first kappa shape index (κ1) is 35.8. The quantitative estimate of drug-likeness (QED) is 0.116. The zero-order chi connectivity index (χ0) is 38.1. The number of hydrogen-bond acceptors (Lipinski definition) is 2. The minimum Gasteiger partial charge on any atom is -0.311 e. The molecule has 0 amide bonds. The van der Waals surface area contributed by atoms with E-state index in [2.05, 4.69) is 217 Å². The summed E-state index contributed by atoms with van der Waals surface area (Å²) in [6.45, 7) is 8.18. The third kappa shape index (κ3) is 7.73. The Bertz CT molecular complexity index is 2540. The van der Waals surface area contributed by atoms with Crippen LogP contribution < -0.4 is 9.80 Å². The van der Waals surface area contributed by atoms with E-state index >= 15 is 0 Å². The van der Waals surface area contributed by atoms with Gasteiger partial charge in [0.05, 0.1) is 0 Å². The number of anilines is 4. The van der Waals surface area contributed by atoms with Gasteiger partial charge in [-0.15, -0.1) is 0 Å². The molecule has 0 fully saturated rings. The SMILES string of the molecule is C=C/C=C(\C=C)N(c1ccc(-c2ccccc2)cc1)c1cccc(-c2ccccc2-c2cccc(N(C3=CCCC=C3)c3ccc(-c4ccccc4)cc3)c2)c1. The Labute approximate surface area is 331 Å². The lowest BCUT2D eigenvalue weighted by atomic mass is 9.93. The van der Waals surface area contributed by atoms with Crippen LogP contribution in [0.4, 0.5) is 22.7 Å². The van der Waals surface area contributed by atoms with E-state index in [1.807, 2.05) is 24.3 Å². The van der Waals surface area contributed by atoms with Crippen LogP contribution in [-0.4, -0.2) is 0 Å². The summed E-state index contributed by atoms with van der Waals surface area (Å²) >= 11 is 0. The fourth-order valence-corrected chi connectivity index (χ4v) is 7.49. The summed E-state index contributed by atoms with van der Waals surface area (Å²) < 4.78 is 0. The molecule has 0 spiro atoms. The van der Waals surface area contributed by atoms with Gasteiger partial charge in [-0.2, -0.15) is 0 Å². The van der Waals surface area contributed by atoms with Crippen molar-refractivity contribution in [1.29, 1.82) is 0 Å². The maximum atomic E-state index is 4.18. The zero-order valence-electron chi connectivity index (χ0n) is 31.5. The molecule has 7 aromatic rings. The van der Waals surface area contributed by atoms with E-state index in [4.69, 9.17) is 0 Å². The van der Waals surface area contributed by atoms with E-state index in [9.17, 15) is 0 Å². The van der Waals surface area contributed by atoms with Gasteiger partial charge in [-0.1, -0.05) is 165 Å². The second-order valence-corrected chi connectivity index (χ2v) is 13.8. The van der Waals surface area contributed by atoms with Crippen molar-refractivity contribution >= 4 is 22.7 Å². The van der Waals surface area contributed by atoms with Crippen LogP contribution in [0.3, 0.4) is 0 Å². The van der Waals surface area contributed by atoms with Crippen molar-refractivity contribution in [3.8, 4) is 44.5 Å². The molecule has 1 aliphatic carbocycles. The van der Waals surface area contributed by atoms with Gasteiger partial charge in [0.25, 0.3) is 0 Å². The van der Waals surface area contributed by atoms with Crippen LogP contribution >= 0.6 is 0 Å². The van der Waals surface area contributed by atoms with Crippen LogP contribution in [0.1, 0.15) is 12.8 Å². The van der Waals surface area contributed by atoms with Crippen LogP contribution in [0.2, 0.25) is 0 Å². The molecule has 0 saturated carbocycles. The van der Waals surface area contributed by atoms with Crippen LogP contribution in [-0.2, 0) is 0 Å². The van der Waals surface area contributed by atoms with E-state index < -0.39 is 0 Å². The fraction of sp³-hybridized carbons (Fsp3) is 0.0370. The molecular weight excluding hydrogens is 677 g/mol. The minimum absolute atomic E-state index is 0.938. The Balaban J connectivity index is 1.17. The van der Waals surface area contributed by atoms with Crippen molar-refractivity contribution in [3.05, 3.63) is 243 Å². The Hall–Kier alpha value is -7.16. The van der Waals surface area contributed by atoms with E-state index in [0.29, 0.717) is 0 Å². The first-order chi connectivity index (χ1) is 27.7. The molecule has 7 aromatic carbocycles. The van der Waals surface area contributed by atoms with Gasteiger partial charge in [0.1, 0.15) is 0 Å². The van der Waals surface area contributed by atoms with Gasteiger partial charge in [-0.25, -0.2) is 0 Å². The highest BCUT2D eigenvalue weighted by molar-refractivity contribution is 5.88. The normalized spacial score (nSPS) is 12.4. The molecule has 0 N–H and O–H groups in total. The third-order valence-corrected chi connectivity index (χ3v) is 10.2. The smallest absolute Gasteiger partial charge is 0.0467 e. The lowest BCUT2D eigenvalue weighted by Crippen LogP contribution is -2.16. The van der Waals surface area contributed by atoms with Crippen molar-refractivity contribution in [3.63, 3.8) is 0 Å². The lowest BCUT2D eigenvalue weighted by Gasteiger charge is -2.28. The predicted octanol–water partition coefficient (Wildman–Crippen LogP) is 15.1. The molecule has 0 heterocycles. The number of benzene rings is 7. The third-order valence-electron chi connectivity index (χ3n) is 10.2. The second-order valence-electron chi connectivity index (χ2n) is 13.8. The number of nitrogens with zero attached hydrogens (tertiary/aromatic N) is 2. The molecule has 56 heavy (non-hydrogen) atoms. The first-order valence-electron chi connectivity index (χ1n) is 19.2. The highest BCUT2D eigenvalue weighted by Crippen LogP contribution is 2.40. The highest BCUT2D eigenvalue weighted by atomic mass is 15.2. The van der Waals surface area contributed by atoms with E-state index in [1.165, 1.54) is 33.5 Å². The topological polar surface area (TPSA) is 6.48 Å². The summed E-state index contributed by atoms with van der Waals surface area (Å²) in [6, 6.07) is 65.0. The predicted molar refractivity (Wildman–Crippen MR) is 240 cm³/mol. The molecule has 0 aliphatic heterocycles. The molecule has 0 saturated heterocycles. The standard InChI is InChI=1S/C54H44N2/c1-3-18-47(4-2)55(49-35-31-43(32-36-49)41-19-8-5-9-20-41)51-27-16-23-45(39-51)53-29-14-15-30-54(53)46-24-17-28-52(40-46)56(48-25-12-7-13-26-48)50-37-33-44(34-38-50)42-21-10-6-11-22-42/h3-6,8-12,14-40H,1-2,7,13H2/b47-18+. The molecule has 0 aromatic heterocycles. The molecule has 8 rings (SSSR count). The molecule has 0 unspecified atom stereocenters. The summed E-state index contributed by atoms with van der Waals surface area (Å²) in [5, 5.41) is 0. The van der Waals surface area contributed by atoms with Gasteiger partial charge in [0, 0.05) is 34.1 Å². The monoisotopic (exact) mass is 720 g/mol. The van der Waals surface area contributed by atoms with Crippen LogP contribution in [0.5, 0.6) is 0 Å². The molecular formula is C54H44N2. The summed E-state index contributed by atoms with van der Waals surface area (Å²) in [5.41, 5.74) is 15.8. The highest BCUT2D eigenvalue weighted by Gasteiger charge is 2.18. The molecule has 1 aliphatic rings. The molecule has 0 radical (unpaired) electrons. The van der Waals surface area contributed by atoms with Crippen molar-refractivity contribution < 1.29 is 0 Å². The summed E-state index contributed by atoms with van der Waals surface area (Å²) in [4.78, 5) is 4.61.